The normalized spacial score (nSPS) is 15.8. The largest absolute Gasteiger partial charge is 0.399 e. The van der Waals surface area contributed by atoms with Crippen LogP contribution in [0.15, 0.2) is 18.2 Å². The predicted molar refractivity (Wildman–Crippen MR) is 60.0 cm³/mol. The predicted octanol–water partition coefficient (Wildman–Crippen LogP) is 2.08. The van der Waals surface area contributed by atoms with Crippen LogP contribution >= 0.6 is 0 Å². The van der Waals surface area contributed by atoms with Gasteiger partial charge in [0.1, 0.15) is 0 Å². The molecule has 1 fully saturated rings. The SMILES string of the molecule is Cc1cc(CNCC2CC2)ccc1N. The van der Waals surface area contributed by atoms with Crippen LogP contribution in [0, 0.1) is 12.8 Å². The lowest BCUT2D eigenvalue weighted by atomic mass is 10.1. The molecule has 2 rings (SSSR count). The van der Waals surface area contributed by atoms with Crippen LogP contribution in [-0.4, -0.2) is 6.54 Å². The molecule has 14 heavy (non-hydrogen) atoms. The molecule has 0 unspecified atom stereocenters. The van der Waals surface area contributed by atoms with Gasteiger partial charge in [0.15, 0.2) is 0 Å². The molecule has 76 valence electrons. The number of anilines is 1. The molecule has 1 aromatic carbocycles. The van der Waals surface area contributed by atoms with Gasteiger partial charge >= 0.3 is 0 Å². The summed E-state index contributed by atoms with van der Waals surface area (Å²) in [6.07, 6.45) is 2.82. The van der Waals surface area contributed by atoms with Crippen molar-refractivity contribution in [1.29, 1.82) is 0 Å². The quantitative estimate of drug-likeness (QED) is 0.713. The highest BCUT2D eigenvalue weighted by Gasteiger charge is 2.19. The van der Waals surface area contributed by atoms with Crippen LogP contribution in [-0.2, 0) is 6.54 Å². The number of nitrogen functional groups attached to an aromatic ring is 1. The maximum atomic E-state index is 5.76. The number of nitrogens with one attached hydrogen (secondary N) is 1. The maximum Gasteiger partial charge on any atom is 0.0343 e. The number of hydrogen-bond donors (Lipinski definition) is 2. The molecule has 0 aliphatic heterocycles. The van der Waals surface area contributed by atoms with Crippen LogP contribution in [0.1, 0.15) is 24.0 Å². The van der Waals surface area contributed by atoms with Crippen LogP contribution < -0.4 is 11.1 Å². The van der Waals surface area contributed by atoms with Crippen molar-refractivity contribution in [2.75, 3.05) is 12.3 Å². The first-order chi connectivity index (χ1) is 6.75. The lowest BCUT2D eigenvalue weighted by molar-refractivity contribution is 0.638. The highest BCUT2D eigenvalue weighted by atomic mass is 14.9. The van der Waals surface area contributed by atoms with E-state index in [-0.39, 0.29) is 0 Å². The monoisotopic (exact) mass is 190 g/mol. The second kappa shape index (κ2) is 4.01. The van der Waals surface area contributed by atoms with E-state index >= 15 is 0 Å². The molecule has 0 heterocycles. The molecular weight excluding hydrogens is 172 g/mol. The number of benzene rings is 1. The standard InChI is InChI=1S/C12H18N2/c1-9-6-11(4-5-12(9)13)8-14-7-10-2-3-10/h4-6,10,14H,2-3,7-8,13H2,1H3. The van der Waals surface area contributed by atoms with Crippen molar-refractivity contribution in [3.8, 4) is 0 Å². The van der Waals surface area contributed by atoms with Gasteiger partial charge < -0.3 is 11.1 Å². The molecule has 3 N–H and O–H groups in total. The highest BCUT2D eigenvalue weighted by Crippen LogP contribution is 2.27. The van der Waals surface area contributed by atoms with E-state index in [0.717, 1.165) is 18.2 Å². The fourth-order valence-electron chi connectivity index (χ4n) is 1.59. The Morgan fingerprint density at radius 1 is 1.43 bits per heavy atom. The maximum absolute atomic E-state index is 5.76. The Morgan fingerprint density at radius 3 is 2.86 bits per heavy atom. The van der Waals surface area contributed by atoms with Crippen molar-refractivity contribution in [2.45, 2.75) is 26.3 Å². The van der Waals surface area contributed by atoms with E-state index in [2.05, 4.69) is 24.4 Å². The molecule has 0 aromatic heterocycles. The van der Waals surface area contributed by atoms with Gasteiger partial charge in [-0.05, 0) is 49.4 Å². The summed E-state index contributed by atoms with van der Waals surface area (Å²) in [5, 5.41) is 3.47. The Kier molecular flexibility index (Phi) is 2.73. The average molecular weight is 190 g/mol. The zero-order valence-corrected chi connectivity index (χ0v) is 8.72. The Hall–Kier alpha value is -1.02. The van der Waals surface area contributed by atoms with Crippen molar-refractivity contribution in [2.24, 2.45) is 5.92 Å². The van der Waals surface area contributed by atoms with E-state index in [0.29, 0.717) is 0 Å². The van der Waals surface area contributed by atoms with Gasteiger partial charge in [0, 0.05) is 12.2 Å². The van der Waals surface area contributed by atoms with Crippen LogP contribution in [0.2, 0.25) is 0 Å². The van der Waals surface area contributed by atoms with Gasteiger partial charge in [0.25, 0.3) is 0 Å². The summed E-state index contributed by atoms with van der Waals surface area (Å²) in [4.78, 5) is 0. The topological polar surface area (TPSA) is 38.0 Å². The van der Waals surface area contributed by atoms with Crippen molar-refractivity contribution in [3.63, 3.8) is 0 Å². The van der Waals surface area contributed by atoms with Crippen molar-refractivity contribution in [1.82, 2.24) is 5.32 Å². The lowest BCUT2D eigenvalue weighted by Crippen LogP contribution is -2.16. The molecule has 1 aromatic rings. The van der Waals surface area contributed by atoms with Crippen molar-refractivity contribution in [3.05, 3.63) is 29.3 Å². The molecular formula is C12H18N2. The minimum Gasteiger partial charge on any atom is -0.399 e. The third-order valence-corrected chi connectivity index (χ3v) is 2.79. The van der Waals surface area contributed by atoms with Crippen LogP contribution in [0.4, 0.5) is 5.69 Å². The molecule has 0 atom stereocenters. The molecule has 2 heteroatoms. The Labute approximate surface area is 85.5 Å². The number of hydrogen-bond acceptors (Lipinski definition) is 2. The first-order valence-electron chi connectivity index (χ1n) is 5.31. The van der Waals surface area contributed by atoms with E-state index in [1.807, 2.05) is 6.07 Å². The molecule has 0 bridgehead atoms. The van der Waals surface area contributed by atoms with Gasteiger partial charge in [0.05, 0.1) is 0 Å². The molecule has 0 radical (unpaired) electrons. The van der Waals surface area contributed by atoms with Crippen LogP contribution in [0.5, 0.6) is 0 Å². The number of nitrogens with two attached hydrogens (primary N) is 1. The summed E-state index contributed by atoms with van der Waals surface area (Å²) >= 11 is 0. The summed E-state index contributed by atoms with van der Waals surface area (Å²) in [5.41, 5.74) is 9.15. The minimum absolute atomic E-state index is 0.885. The molecule has 1 saturated carbocycles. The van der Waals surface area contributed by atoms with Gasteiger partial charge in [0.2, 0.25) is 0 Å². The van der Waals surface area contributed by atoms with Gasteiger partial charge in [-0.2, -0.15) is 0 Å². The summed E-state index contributed by atoms with van der Waals surface area (Å²) in [6, 6.07) is 6.25. The second-order valence-corrected chi connectivity index (χ2v) is 4.27. The molecule has 1 aliphatic rings. The minimum atomic E-state index is 0.885. The fraction of sp³-hybridized carbons (Fsp3) is 0.500. The van der Waals surface area contributed by atoms with Crippen LogP contribution in [0.3, 0.4) is 0 Å². The first-order valence-corrected chi connectivity index (χ1v) is 5.31. The average Bonchev–Trinajstić information content (AvgIpc) is 2.95. The van der Waals surface area contributed by atoms with Gasteiger partial charge in [-0.1, -0.05) is 12.1 Å². The van der Waals surface area contributed by atoms with Crippen molar-refractivity contribution >= 4 is 5.69 Å². The number of rotatable bonds is 4. The van der Waals surface area contributed by atoms with Crippen molar-refractivity contribution < 1.29 is 0 Å². The van der Waals surface area contributed by atoms with Gasteiger partial charge in [-0.25, -0.2) is 0 Å². The molecule has 2 nitrogen and oxygen atoms in total. The summed E-state index contributed by atoms with van der Waals surface area (Å²) in [5.74, 6) is 0.949. The van der Waals surface area contributed by atoms with E-state index in [4.69, 9.17) is 5.73 Å². The fourth-order valence-corrected chi connectivity index (χ4v) is 1.59. The zero-order chi connectivity index (χ0) is 9.97. The molecule has 1 aliphatic carbocycles. The van der Waals surface area contributed by atoms with E-state index in [1.54, 1.807) is 0 Å². The summed E-state index contributed by atoms with van der Waals surface area (Å²) in [7, 11) is 0. The Morgan fingerprint density at radius 2 is 2.21 bits per heavy atom. The van der Waals surface area contributed by atoms with Crippen LogP contribution in [0.25, 0.3) is 0 Å². The summed E-state index contributed by atoms with van der Waals surface area (Å²) < 4.78 is 0. The second-order valence-electron chi connectivity index (χ2n) is 4.27. The Bertz CT molecular complexity index is 316. The summed E-state index contributed by atoms with van der Waals surface area (Å²) in [6.45, 7) is 4.20. The first kappa shape index (κ1) is 9.53. The lowest BCUT2D eigenvalue weighted by Gasteiger charge is -2.06. The van der Waals surface area contributed by atoms with Gasteiger partial charge in [-0.15, -0.1) is 0 Å². The molecule has 0 spiro atoms. The van der Waals surface area contributed by atoms with Gasteiger partial charge in [-0.3, -0.25) is 0 Å². The molecule has 0 amide bonds. The van der Waals surface area contributed by atoms with E-state index in [1.165, 1.54) is 30.5 Å². The van der Waals surface area contributed by atoms with E-state index in [9.17, 15) is 0 Å². The Balaban J connectivity index is 1.85. The third kappa shape index (κ3) is 2.48. The number of aryl methyl sites for hydroxylation is 1. The third-order valence-electron chi connectivity index (χ3n) is 2.79. The smallest absolute Gasteiger partial charge is 0.0343 e. The zero-order valence-electron chi connectivity index (χ0n) is 8.72. The van der Waals surface area contributed by atoms with E-state index < -0.39 is 0 Å². The highest BCUT2D eigenvalue weighted by molar-refractivity contribution is 5.47. The molecule has 0 saturated heterocycles.